The average molecular weight is 464 g/mol. The third kappa shape index (κ3) is 4.15. The summed E-state index contributed by atoms with van der Waals surface area (Å²) in [7, 11) is 0. The number of hydrogen-bond acceptors (Lipinski definition) is 4. The number of halogens is 2. The molecule has 4 aromatic rings. The van der Waals surface area contributed by atoms with Crippen LogP contribution < -0.4 is 0 Å². The molecule has 1 aliphatic rings. The van der Waals surface area contributed by atoms with Crippen molar-refractivity contribution in [3.8, 4) is 0 Å². The molecule has 34 heavy (non-hydrogen) atoms. The van der Waals surface area contributed by atoms with Gasteiger partial charge in [-0.25, -0.2) is 18.6 Å². The Hall–Kier alpha value is -3.35. The summed E-state index contributed by atoms with van der Waals surface area (Å²) in [5.41, 5.74) is 2.91. The quantitative estimate of drug-likeness (QED) is 0.337. The maximum Gasteiger partial charge on any atom is 0.338 e. The van der Waals surface area contributed by atoms with E-state index in [1.165, 1.54) is 12.1 Å². The third-order valence-electron chi connectivity index (χ3n) is 7.16. The minimum atomic E-state index is -0.547. The van der Waals surface area contributed by atoms with Gasteiger partial charge in [0.2, 0.25) is 0 Å². The molecule has 1 fully saturated rings. The first-order chi connectivity index (χ1) is 16.4. The number of nitrogens with zero attached hydrogens (tertiary/aromatic N) is 2. The van der Waals surface area contributed by atoms with Gasteiger partial charge in [-0.3, -0.25) is 4.98 Å². The summed E-state index contributed by atoms with van der Waals surface area (Å²) < 4.78 is 33.5. The highest BCUT2D eigenvalue weighted by atomic mass is 19.1. The van der Waals surface area contributed by atoms with Crippen molar-refractivity contribution in [3.05, 3.63) is 71.2 Å². The highest BCUT2D eigenvalue weighted by molar-refractivity contribution is 5.93. The standard InChI is InChI=1S/C27H27F2N3O2/c1-3-34-27(33)18-12-22(29)25-24(13-18)31-26(32-25)15(2)16-4-6-17(7-5-16)20-10-11-30-23-9-8-19(28)14-21(20)23/h8-17H,3-7H2,1-2H3,(H,31,32)/t15-,16?,17?/m1/s1. The Kier molecular flexibility index (Phi) is 6.02. The van der Waals surface area contributed by atoms with Crippen LogP contribution in [0.3, 0.4) is 0 Å². The number of aromatic amines is 1. The Morgan fingerprint density at radius 3 is 2.71 bits per heavy atom. The molecule has 2 heterocycles. The van der Waals surface area contributed by atoms with Gasteiger partial charge in [0, 0.05) is 17.5 Å². The van der Waals surface area contributed by atoms with E-state index in [1.54, 1.807) is 31.3 Å². The molecule has 0 amide bonds. The van der Waals surface area contributed by atoms with Gasteiger partial charge in [0.05, 0.1) is 23.2 Å². The predicted octanol–water partition coefficient (Wildman–Crippen LogP) is 6.64. The molecule has 7 heteroatoms. The Balaban J connectivity index is 1.33. The highest BCUT2D eigenvalue weighted by Gasteiger charge is 2.29. The van der Waals surface area contributed by atoms with E-state index in [0.29, 0.717) is 17.4 Å². The van der Waals surface area contributed by atoms with Crippen LogP contribution in [0.5, 0.6) is 0 Å². The maximum absolute atomic E-state index is 14.6. The van der Waals surface area contributed by atoms with E-state index in [9.17, 15) is 13.6 Å². The first-order valence-electron chi connectivity index (χ1n) is 11.8. The summed E-state index contributed by atoms with van der Waals surface area (Å²) in [6.07, 6.45) is 5.79. The zero-order chi connectivity index (χ0) is 23.8. The molecule has 0 saturated heterocycles. The second-order valence-corrected chi connectivity index (χ2v) is 9.16. The summed E-state index contributed by atoms with van der Waals surface area (Å²) in [6, 6.07) is 9.56. The molecule has 0 bridgehead atoms. The van der Waals surface area contributed by atoms with Gasteiger partial charge in [-0.1, -0.05) is 6.92 Å². The average Bonchev–Trinajstić information content (AvgIpc) is 3.28. The molecule has 2 aromatic carbocycles. The fraction of sp³-hybridized carbons (Fsp3) is 0.370. The number of esters is 1. The number of hydrogen-bond donors (Lipinski definition) is 1. The van der Waals surface area contributed by atoms with E-state index in [1.807, 2.05) is 6.07 Å². The molecule has 1 N–H and O–H groups in total. The van der Waals surface area contributed by atoms with Gasteiger partial charge in [-0.15, -0.1) is 0 Å². The van der Waals surface area contributed by atoms with Crippen LogP contribution in [0.2, 0.25) is 0 Å². The molecule has 2 aromatic heterocycles. The lowest BCUT2D eigenvalue weighted by molar-refractivity contribution is 0.0526. The molecule has 1 saturated carbocycles. The van der Waals surface area contributed by atoms with E-state index < -0.39 is 11.8 Å². The lowest BCUT2D eigenvalue weighted by Crippen LogP contribution is -2.19. The maximum atomic E-state index is 14.6. The van der Waals surface area contributed by atoms with Crippen LogP contribution in [0.25, 0.3) is 21.9 Å². The number of carbonyl (C=O) groups excluding carboxylic acids is 1. The van der Waals surface area contributed by atoms with Gasteiger partial charge >= 0.3 is 5.97 Å². The number of aromatic nitrogens is 3. The van der Waals surface area contributed by atoms with Gasteiger partial charge in [-0.05, 0) is 86.4 Å². The van der Waals surface area contributed by atoms with Crippen LogP contribution in [0.15, 0.2) is 42.6 Å². The fourth-order valence-corrected chi connectivity index (χ4v) is 5.29. The summed E-state index contributed by atoms with van der Waals surface area (Å²) in [6.45, 7) is 4.06. The smallest absolute Gasteiger partial charge is 0.338 e. The fourth-order valence-electron chi connectivity index (χ4n) is 5.29. The van der Waals surface area contributed by atoms with Crippen molar-refractivity contribution in [1.29, 1.82) is 0 Å². The van der Waals surface area contributed by atoms with E-state index in [4.69, 9.17) is 4.74 Å². The summed E-state index contributed by atoms with van der Waals surface area (Å²) in [4.78, 5) is 24.2. The zero-order valence-electron chi connectivity index (χ0n) is 19.3. The Morgan fingerprint density at radius 1 is 1.15 bits per heavy atom. The van der Waals surface area contributed by atoms with E-state index in [-0.39, 0.29) is 29.4 Å². The number of pyridine rings is 1. The highest BCUT2D eigenvalue weighted by Crippen LogP contribution is 2.43. The third-order valence-corrected chi connectivity index (χ3v) is 7.16. The molecule has 0 aliphatic heterocycles. The first-order valence-corrected chi connectivity index (χ1v) is 11.8. The lowest BCUT2D eigenvalue weighted by Gasteiger charge is -2.32. The van der Waals surface area contributed by atoms with E-state index in [2.05, 4.69) is 21.9 Å². The van der Waals surface area contributed by atoms with Crippen LogP contribution in [-0.2, 0) is 4.74 Å². The molecule has 0 spiro atoms. The molecular weight excluding hydrogens is 436 g/mol. The number of benzene rings is 2. The number of ether oxygens (including phenoxy) is 1. The largest absolute Gasteiger partial charge is 0.462 e. The summed E-state index contributed by atoms with van der Waals surface area (Å²) in [5.74, 6) is 0.280. The van der Waals surface area contributed by atoms with Crippen molar-refractivity contribution in [3.63, 3.8) is 0 Å². The minimum absolute atomic E-state index is 0.116. The molecule has 5 rings (SSSR count). The normalized spacial score (nSPS) is 19.4. The second kappa shape index (κ2) is 9.12. The first kappa shape index (κ1) is 22.4. The minimum Gasteiger partial charge on any atom is -0.462 e. The number of H-pyrrole nitrogens is 1. The lowest BCUT2D eigenvalue weighted by atomic mass is 9.73. The van der Waals surface area contributed by atoms with Crippen molar-refractivity contribution in [2.75, 3.05) is 6.61 Å². The van der Waals surface area contributed by atoms with E-state index in [0.717, 1.165) is 48.0 Å². The number of imidazole rings is 1. The van der Waals surface area contributed by atoms with Gasteiger partial charge in [0.1, 0.15) is 17.2 Å². The Bertz CT molecular complexity index is 1360. The number of fused-ring (bicyclic) bond motifs is 2. The van der Waals surface area contributed by atoms with Crippen molar-refractivity contribution in [2.45, 2.75) is 51.4 Å². The van der Waals surface area contributed by atoms with Crippen molar-refractivity contribution >= 4 is 27.9 Å². The number of rotatable bonds is 5. The van der Waals surface area contributed by atoms with Crippen LogP contribution in [-0.4, -0.2) is 27.5 Å². The molecular formula is C27H27F2N3O2. The predicted molar refractivity (Wildman–Crippen MR) is 127 cm³/mol. The van der Waals surface area contributed by atoms with Crippen LogP contribution >= 0.6 is 0 Å². The van der Waals surface area contributed by atoms with Crippen LogP contribution in [0, 0.1) is 17.6 Å². The molecule has 0 radical (unpaired) electrons. The number of nitrogens with one attached hydrogen (secondary N) is 1. The van der Waals surface area contributed by atoms with E-state index >= 15 is 0 Å². The zero-order valence-corrected chi connectivity index (χ0v) is 19.3. The van der Waals surface area contributed by atoms with Crippen LogP contribution in [0.1, 0.15) is 73.1 Å². The van der Waals surface area contributed by atoms with Crippen molar-refractivity contribution in [2.24, 2.45) is 5.92 Å². The SMILES string of the molecule is CCOC(=O)c1cc(F)c2nc([C@H](C)C3CCC(c4ccnc5ccc(F)cc45)CC3)[nH]c2c1. The van der Waals surface area contributed by atoms with Gasteiger partial charge in [-0.2, -0.15) is 0 Å². The van der Waals surface area contributed by atoms with Crippen molar-refractivity contribution in [1.82, 2.24) is 15.0 Å². The van der Waals surface area contributed by atoms with Gasteiger partial charge in [0.15, 0.2) is 5.82 Å². The molecule has 0 unspecified atom stereocenters. The monoisotopic (exact) mass is 463 g/mol. The summed E-state index contributed by atoms with van der Waals surface area (Å²) in [5, 5.41) is 0.893. The molecule has 5 nitrogen and oxygen atoms in total. The van der Waals surface area contributed by atoms with Gasteiger partial charge < -0.3 is 9.72 Å². The summed E-state index contributed by atoms with van der Waals surface area (Å²) >= 11 is 0. The molecule has 176 valence electrons. The topological polar surface area (TPSA) is 67.9 Å². The molecule has 1 atom stereocenters. The second-order valence-electron chi connectivity index (χ2n) is 9.16. The van der Waals surface area contributed by atoms with Gasteiger partial charge in [0.25, 0.3) is 0 Å². The Labute approximate surface area is 196 Å². The van der Waals surface area contributed by atoms with Crippen LogP contribution in [0.4, 0.5) is 8.78 Å². The Morgan fingerprint density at radius 2 is 1.94 bits per heavy atom. The number of carbonyl (C=O) groups is 1. The molecule has 1 aliphatic carbocycles. The van der Waals surface area contributed by atoms with Crippen molar-refractivity contribution < 1.29 is 18.3 Å².